The third-order valence-corrected chi connectivity index (χ3v) is 5.49. The van der Waals surface area contributed by atoms with Gasteiger partial charge in [0.15, 0.2) is 0 Å². The van der Waals surface area contributed by atoms with E-state index in [0.717, 1.165) is 11.3 Å². The molecule has 1 heterocycles. The number of aryl methyl sites for hydroxylation is 1. The molecule has 7 nitrogen and oxygen atoms in total. The molecule has 0 saturated carbocycles. The van der Waals surface area contributed by atoms with Gasteiger partial charge in [-0.2, -0.15) is 12.7 Å². The Bertz CT molecular complexity index is 712. The second-order valence-corrected chi connectivity index (χ2v) is 6.73. The minimum atomic E-state index is -4.26. The van der Waals surface area contributed by atoms with Gasteiger partial charge < -0.3 is 5.11 Å². The van der Waals surface area contributed by atoms with E-state index >= 15 is 0 Å². The Labute approximate surface area is 119 Å². The number of nitrogens with zero attached hydrogens (tertiary/aromatic N) is 3. The van der Waals surface area contributed by atoms with E-state index in [4.69, 9.17) is 0 Å². The molecule has 1 aromatic heterocycles. The van der Waals surface area contributed by atoms with E-state index < -0.39 is 16.1 Å². The van der Waals surface area contributed by atoms with Gasteiger partial charge in [-0.1, -0.05) is 36.5 Å². The van der Waals surface area contributed by atoms with Crippen molar-refractivity contribution in [1.29, 1.82) is 0 Å². The van der Waals surface area contributed by atoms with Crippen LogP contribution in [0.1, 0.15) is 11.9 Å². The molecule has 0 radical (unpaired) electrons. The second-order valence-electron chi connectivity index (χ2n) is 3.70. The fourth-order valence-corrected chi connectivity index (χ4v) is 3.83. The molecule has 0 aliphatic heterocycles. The van der Waals surface area contributed by atoms with Crippen molar-refractivity contribution >= 4 is 33.1 Å². The molecular weight excluding hydrogens is 302 g/mol. The smallest absolute Gasteiger partial charge is 0.426 e. The van der Waals surface area contributed by atoms with Gasteiger partial charge in [0.1, 0.15) is 5.01 Å². The summed E-state index contributed by atoms with van der Waals surface area (Å²) >= 11 is 0.865. The first-order chi connectivity index (χ1) is 9.46. The van der Waals surface area contributed by atoms with Crippen molar-refractivity contribution in [3.63, 3.8) is 0 Å². The number of anilines is 1. The summed E-state index contributed by atoms with van der Waals surface area (Å²) in [7, 11) is -4.26. The fraction of sp³-hybridized carbons (Fsp3) is 0.182. The van der Waals surface area contributed by atoms with Gasteiger partial charge in [0.2, 0.25) is 0 Å². The van der Waals surface area contributed by atoms with E-state index in [1.165, 1.54) is 12.1 Å². The van der Waals surface area contributed by atoms with E-state index in [2.05, 4.69) is 10.2 Å². The molecule has 2 rings (SSSR count). The first-order valence-electron chi connectivity index (χ1n) is 5.62. The standard InChI is InChI=1S/C11H11N3O4S2/c1-2-9-12-13-10(19-9)20(17,18)14(11(15)16)8-6-4-3-5-7-8/h3-7H,2H2,1H3,(H,15,16). The van der Waals surface area contributed by atoms with Gasteiger partial charge in [-0.25, -0.2) is 4.79 Å². The number of carbonyl (C=O) groups is 1. The Kier molecular flexibility index (Phi) is 4.00. The lowest BCUT2D eigenvalue weighted by molar-refractivity contribution is 0.206. The van der Waals surface area contributed by atoms with Crippen LogP contribution in [0.15, 0.2) is 34.7 Å². The molecule has 1 amide bonds. The highest BCUT2D eigenvalue weighted by atomic mass is 32.2. The quantitative estimate of drug-likeness (QED) is 0.926. The van der Waals surface area contributed by atoms with Crippen molar-refractivity contribution in [3.8, 4) is 0 Å². The lowest BCUT2D eigenvalue weighted by Gasteiger charge is -2.16. The summed E-state index contributed by atoms with van der Waals surface area (Å²) in [6.07, 6.45) is -1.06. The number of hydrogen-bond acceptors (Lipinski definition) is 6. The lowest BCUT2D eigenvalue weighted by Crippen LogP contribution is -2.35. The second kappa shape index (κ2) is 5.55. The molecule has 20 heavy (non-hydrogen) atoms. The molecule has 0 aliphatic rings. The monoisotopic (exact) mass is 313 g/mol. The zero-order valence-corrected chi connectivity index (χ0v) is 12.1. The van der Waals surface area contributed by atoms with Crippen molar-refractivity contribution in [2.45, 2.75) is 17.7 Å². The SMILES string of the molecule is CCc1nnc(S(=O)(=O)N(C(=O)O)c2ccccc2)s1. The Morgan fingerprint density at radius 3 is 2.45 bits per heavy atom. The largest absolute Gasteiger partial charge is 0.464 e. The number of amides is 1. The summed E-state index contributed by atoms with van der Waals surface area (Å²) in [5.41, 5.74) is 0.0354. The molecule has 0 saturated heterocycles. The number of rotatable bonds is 4. The Hall–Kier alpha value is -2.00. The van der Waals surface area contributed by atoms with Crippen LogP contribution in [0, 0.1) is 0 Å². The maximum Gasteiger partial charge on any atom is 0.426 e. The molecule has 0 unspecified atom stereocenters. The third-order valence-electron chi connectivity index (χ3n) is 2.38. The highest BCUT2D eigenvalue weighted by Crippen LogP contribution is 2.25. The van der Waals surface area contributed by atoms with Crippen LogP contribution in [0.5, 0.6) is 0 Å². The van der Waals surface area contributed by atoms with Crippen LogP contribution >= 0.6 is 11.3 Å². The van der Waals surface area contributed by atoms with E-state index in [0.29, 0.717) is 15.7 Å². The van der Waals surface area contributed by atoms with Crippen molar-refractivity contribution in [3.05, 3.63) is 35.3 Å². The van der Waals surface area contributed by atoms with Crippen molar-refractivity contribution in [1.82, 2.24) is 10.2 Å². The third kappa shape index (κ3) is 2.63. The summed E-state index contributed by atoms with van der Waals surface area (Å²) in [5, 5.41) is 17.0. The van der Waals surface area contributed by atoms with Crippen LogP contribution in [0.4, 0.5) is 10.5 Å². The average Bonchev–Trinajstić information content (AvgIpc) is 2.88. The molecule has 1 N–H and O–H groups in total. The van der Waals surface area contributed by atoms with E-state index in [1.807, 2.05) is 6.92 Å². The summed E-state index contributed by atoms with van der Waals surface area (Å²) in [6.45, 7) is 1.81. The average molecular weight is 313 g/mol. The van der Waals surface area contributed by atoms with E-state index in [9.17, 15) is 18.3 Å². The van der Waals surface area contributed by atoms with Gasteiger partial charge in [0.05, 0.1) is 5.69 Å². The van der Waals surface area contributed by atoms with Crippen molar-refractivity contribution in [2.24, 2.45) is 0 Å². The summed E-state index contributed by atoms with van der Waals surface area (Å²) in [6, 6.07) is 7.56. The molecule has 0 spiro atoms. The Morgan fingerprint density at radius 1 is 1.30 bits per heavy atom. The van der Waals surface area contributed by atoms with Crippen LogP contribution in [-0.2, 0) is 16.4 Å². The van der Waals surface area contributed by atoms with Crippen LogP contribution in [0.25, 0.3) is 0 Å². The van der Waals surface area contributed by atoms with Gasteiger partial charge in [-0.15, -0.1) is 10.2 Å². The molecule has 1 aromatic carbocycles. The molecule has 2 aromatic rings. The van der Waals surface area contributed by atoms with Crippen LogP contribution < -0.4 is 4.31 Å². The van der Waals surface area contributed by atoms with Gasteiger partial charge in [0.25, 0.3) is 4.34 Å². The summed E-state index contributed by atoms with van der Waals surface area (Å²) in [5.74, 6) is 0. The predicted octanol–water partition coefficient (Wildman–Crippen LogP) is 1.97. The maximum absolute atomic E-state index is 12.4. The number of hydrogen-bond donors (Lipinski definition) is 1. The van der Waals surface area contributed by atoms with E-state index in [-0.39, 0.29) is 10.0 Å². The zero-order valence-electron chi connectivity index (χ0n) is 10.4. The van der Waals surface area contributed by atoms with Crippen molar-refractivity contribution in [2.75, 3.05) is 4.31 Å². The van der Waals surface area contributed by atoms with Crippen LogP contribution in [0.2, 0.25) is 0 Å². The fourth-order valence-electron chi connectivity index (χ4n) is 1.48. The number of sulfonamides is 1. The number of para-hydroxylation sites is 1. The first-order valence-corrected chi connectivity index (χ1v) is 7.88. The van der Waals surface area contributed by atoms with Crippen molar-refractivity contribution < 1.29 is 18.3 Å². The van der Waals surface area contributed by atoms with Crippen LogP contribution in [0.3, 0.4) is 0 Å². The van der Waals surface area contributed by atoms with E-state index in [1.54, 1.807) is 18.2 Å². The Morgan fingerprint density at radius 2 is 1.95 bits per heavy atom. The normalized spacial score (nSPS) is 11.2. The molecule has 0 bridgehead atoms. The van der Waals surface area contributed by atoms with Gasteiger partial charge in [-0.3, -0.25) is 0 Å². The topological polar surface area (TPSA) is 100 Å². The molecule has 9 heteroatoms. The molecule has 0 aliphatic carbocycles. The minimum Gasteiger partial charge on any atom is -0.464 e. The molecule has 0 atom stereocenters. The highest BCUT2D eigenvalue weighted by Gasteiger charge is 2.33. The van der Waals surface area contributed by atoms with Gasteiger partial charge in [0, 0.05) is 0 Å². The minimum absolute atomic E-state index is 0.0354. The van der Waals surface area contributed by atoms with Crippen LogP contribution in [-0.4, -0.2) is 29.8 Å². The number of carboxylic acid groups (broad SMARTS) is 1. The molecule has 0 fully saturated rings. The first kappa shape index (κ1) is 14.4. The predicted molar refractivity (Wildman–Crippen MR) is 73.4 cm³/mol. The van der Waals surface area contributed by atoms with Gasteiger partial charge in [-0.05, 0) is 18.6 Å². The summed E-state index contributed by atoms with van der Waals surface area (Å²) < 4.78 is 24.7. The lowest BCUT2D eigenvalue weighted by atomic mass is 10.3. The molecular formula is C11H11N3O4S2. The zero-order chi connectivity index (χ0) is 14.8. The highest BCUT2D eigenvalue weighted by molar-refractivity contribution is 7.95. The molecule has 106 valence electrons. The number of benzene rings is 1. The number of aromatic nitrogens is 2. The Balaban J connectivity index is 2.51. The van der Waals surface area contributed by atoms with Gasteiger partial charge >= 0.3 is 16.1 Å². The summed E-state index contributed by atoms with van der Waals surface area (Å²) in [4.78, 5) is 11.3. The maximum atomic E-state index is 12.4.